The Morgan fingerprint density at radius 2 is 1.60 bits per heavy atom. The molecule has 0 aromatic rings. The zero-order valence-electron chi connectivity index (χ0n) is 31.6. The zero-order chi connectivity index (χ0) is 33.9. The summed E-state index contributed by atoms with van der Waals surface area (Å²) in [5, 5.41) is 0. The summed E-state index contributed by atoms with van der Waals surface area (Å²) in [6.07, 6.45) is 41.4. The standard InChI is InChI=1S/C45H74O2/c1-7-8-9-10-11-12-13-14-15-16-17-18-19-20-21-27-44(46)47-41-31-28-37(4)40(35-41)30-29-39-26-23-34-45(6)42(32-33-43(39)45)38(5)25-22-24-36(2)3/h11-12,14-15,29-30,36,38,41-43H,4,7-10,13,16-28,31-35H2,1-3,5-6H3/b12-11-,15-14-,39-29+,40-30-/t38-,41+,42-,43+,45-/m1/s1. The molecule has 0 aliphatic heterocycles. The number of carbonyl (C=O) groups is 1. The van der Waals surface area contributed by atoms with Crippen molar-refractivity contribution in [1.82, 2.24) is 0 Å². The number of unbranched alkanes of at least 4 members (excludes halogenated alkanes) is 8. The fourth-order valence-corrected chi connectivity index (χ4v) is 9.07. The molecule has 3 saturated carbocycles. The Bertz CT molecular complexity index is 1040. The molecule has 0 bridgehead atoms. The summed E-state index contributed by atoms with van der Waals surface area (Å²) >= 11 is 0. The van der Waals surface area contributed by atoms with Crippen LogP contribution in [0, 0.1) is 29.1 Å². The lowest BCUT2D eigenvalue weighted by Crippen LogP contribution is -2.36. The molecule has 0 spiro atoms. The Kier molecular flexibility index (Phi) is 18.5. The van der Waals surface area contributed by atoms with E-state index in [1.54, 1.807) is 5.57 Å². The molecule has 0 unspecified atom stereocenters. The van der Waals surface area contributed by atoms with Crippen molar-refractivity contribution in [3.63, 3.8) is 0 Å². The third kappa shape index (κ3) is 13.9. The number of esters is 1. The monoisotopic (exact) mass is 647 g/mol. The van der Waals surface area contributed by atoms with E-state index in [4.69, 9.17) is 4.74 Å². The molecular formula is C45H74O2. The number of ether oxygens (including phenoxy) is 1. The second kappa shape index (κ2) is 22.0. The Hall–Kier alpha value is -1.83. The van der Waals surface area contributed by atoms with E-state index in [2.05, 4.69) is 77.7 Å². The van der Waals surface area contributed by atoms with Gasteiger partial charge in [-0.3, -0.25) is 4.79 Å². The highest BCUT2D eigenvalue weighted by Crippen LogP contribution is 2.60. The van der Waals surface area contributed by atoms with Crippen LogP contribution in [0.25, 0.3) is 0 Å². The molecule has 0 amide bonds. The van der Waals surface area contributed by atoms with E-state index < -0.39 is 0 Å². The van der Waals surface area contributed by atoms with Gasteiger partial charge in [-0.1, -0.05) is 140 Å². The maximum Gasteiger partial charge on any atom is 0.306 e. The van der Waals surface area contributed by atoms with Crippen LogP contribution in [0.5, 0.6) is 0 Å². The molecule has 3 rings (SSSR count). The van der Waals surface area contributed by atoms with Crippen LogP contribution in [0.15, 0.2) is 59.8 Å². The van der Waals surface area contributed by atoms with E-state index in [0.29, 0.717) is 11.8 Å². The van der Waals surface area contributed by atoms with Gasteiger partial charge in [0.05, 0.1) is 0 Å². The van der Waals surface area contributed by atoms with Crippen molar-refractivity contribution in [2.45, 2.75) is 188 Å². The summed E-state index contributed by atoms with van der Waals surface area (Å²) in [4.78, 5) is 12.7. The minimum absolute atomic E-state index is 0.00606. The van der Waals surface area contributed by atoms with Gasteiger partial charge in [0.15, 0.2) is 0 Å². The maximum absolute atomic E-state index is 12.7. The molecular weight excluding hydrogens is 572 g/mol. The molecule has 0 saturated heterocycles. The van der Waals surface area contributed by atoms with Crippen molar-refractivity contribution >= 4 is 5.97 Å². The number of allylic oxidation sites excluding steroid dienone is 8. The first-order chi connectivity index (χ1) is 22.7. The third-order valence-electron chi connectivity index (χ3n) is 12.0. The number of fused-ring (bicyclic) bond motifs is 1. The zero-order valence-corrected chi connectivity index (χ0v) is 31.6. The SMILES string of the molecule is C=C1CC[C@H](OC(=O)CCCCCCC/C=C\C/C=C\CCCCC)C/C1=C/C=C1\CCC[C@]2(C)[C@@H]([C@H](C)CCCC(C)C)CC[C@@H]12. The van der Waals surface area contributed by atoms with Crippen molar-refractivity contribution in [3.8, 4) is 0 Å². The highest BCUT2D eigenvalue weighted by Gasteiger charge is 2.50. The molecule has 3 aliphatic rings. The first-order valence-corrected chi connectivity index (χ1v) is 20.3. The molecule has 266 valence electrons. The van der Waals surface area contributed by atoms with Gasteiger partial charge in [-0.25, -0.2) is 0 Å². The van der Waals surface area contributed by atoms with Crippen LogP contribution in [-0.2, 0) is 9.53 Å². The number of carbonyl (C=O) groups excluding carboxylic acids is 1. The van der Waals surface area contributed by atoms with Crippen LogP contribution in [0.2, 0.25) is 0 Å². The predicted molar refractivity (Wildman–Crippen MR) is 204 cm³/mol. The summed E-state index contributed by atoms with van der Waals surface area (Å²) in [5.74, 6) is 3.25. The molecule has 3 aliphatic carbocycles. The van der Waals surface area contributed by atoms with Crippen LogP contribution >= 0.6 is 0 Å². The molecule has 0 radical (unpaired) electrons. The Morgan fingerprint density at radius 1 is 0.872 bits per heavy atom. The van der Waals surface area contributed by atoms with Gasteiger partial charge in [-0.15, -0.1) is 0 Å². The normalized spacial score (nSPS) is 27.4. The minimum Gasteiger partial charge on any atom is -0.462 e. The molecule has 2 heteroatoms. The predicted octanol–water partition coefficient (Wildman–Crippen LogP) is 14.0. The van der Waals surface area contributed by atoms with Gasteiger partial charge in [-0.05, 0) is 118 Å². The molecule has 47 heavy (non-hydrogen) atoms. The van der Waals surface area contributed by atoms with E-state index in [9.17, 15) is 4.79 Å². The Labute approximate surface area is 292 Å². The van der Waals surface area contributed by atoms with Gasteiger partial charge in [0.25, 0.3) is 0 Å². The smallest absolute Gasteiger partial charge is 0.306 e. The first kappa shape index (κ1) is 39.6. The highest BCUT2D eigenvalue weighted by molar-refractivity contribution is 5.69. The van der Waals surface area contributed by atoms with E-state index in [1.165, 1.54) is 114 Å². The van der Waals surface area contributed by atoms with E-state index in [0.717, 1.165) is 62.2 Å². The van der Waals surface area contributed by atoms with Gasteiger partial charge in [0, 0.05) is 12.8 Å². The van der Waals surface area contributed by atoms with Crippen molar-refractivity contribution in [2.75, 3.05) is 0 Å². The lowest BCUT2D eigenvalue weighted by Gasteiger charge is -2.44. The van der Waals surface area contributed by atoms with Gasteiger partial charge in [0.2, 0.25) is 0 Å². The fourth-order valence-electron chi connectivity index (χ4n) is 9.07. The van der Waals surface area contributed by atoms with Crippen molar-refractivity contribution in [2.24, 2.45) is 29.1 Å². The average molecular weight is 647 g/mol. The summed E-state index contributed by atoms with van der Waals surface area (Å²) in [7, 11) is 0. The lowest BCUT2D eigenvalue weighted by atomic mass is 9.60. The molecule has 0 aromatic carbocycles. The fraction of sp³-hybridized carbons (Fsp3) is 0.756. The summed E-state index contributed by atoms with van der Waals surface area (Å²) < 4.78 is 6.00. The molecule has 0 N–H and O–H groups in total. The van der Waals surface area contributed by atoms with Crippen LogP contribution in [0.4, 0.5) is 0 Å². The Morgan fingerprint density at radius 3 is 2.34 bits per heavy atom. The van der Waals surface area contributed by atoms with E-state index >= 15 is 0 Å². The van der Waals surface area contributed by atoms with Crippen LogP contribution in [0.3, 0.4) is 0 Å². The topological polar surface area (TPSA) is 26.3 Å². The van der Waals surface area contributed by atoms with Crippen molar-refractivity contribution in [1.29, 1.82) is 0 Å². The van der Waals surface area contributed by atoms with Crippen LogP contribution in [-0.4, -0.2) is 12.1 Å². The second-order valence-corrected chi connectivity index (χ2v) is 16.3. The Balaban J connectivity index is 1.35. The van der Waals surface area contributed by atoms with Crippen molar-refractivity contribution < 1.29 is 9.53 Å². The molecule has 0 heterocycles. The van der Waals surface area contributed by atoms with Gasteiger partial charge in [0.1, 0.15) is 6.10 Å². The van der Waals surface area contributed by atoms with E-state index in [1.807, 2.05) is 0 Å². The molecule has 0 aromatic heterocycles. The van der Waals surface area contributed by atoms with Crippen LogP contribution in [0.1, 0.15) is 182 Å². The first-order valence-electron chi connectivity index (χ1n) is 20.3. The average Bonchev–Trinajstić information content (AvgIpc) is 3.40. The van der Waals surface area contributed by atoms with E-state index in [-0.39, 0.29) is 12.1 Å². The van der Waals surface area contributed by atoms with Gasteiger partial charge in [-0.2, -0.15) is 0 Å². The molecule has 2 nitrogen and oxygen atoms in total. The van der Waals surface area contributed by atoms with Gasteiger partial charge >= 0.3 is 5.97 Å². The highest BCUT2D eigenvalue weighted by atomic mass is 16.5. The van der Waals surface area contributed by atoms with Gasteiger partial charge < -0.3 is 4.74 Å². The largest absolute Gasteiger partial charge is 0.462 e. The summed E-state index contributed by atoms with van der Waals surface area (Å²) in [6.45, 7) is 16.5. The number of hydrogen-bond donors (Lipinski definition) is 0. The molecule has 5 atom stereocenters. The lowest BCUT2D eigenvalue weighted by molar-refractivity contribution is -0.149. The number of hydrogen-bond acceptors (Lipinski definition) is 2. The summed E-state index contributed by atoms with van der Waals surface area (Å²) in [6, 6.07) is 0. The third-order valence-corrected chi connectivity index (χ3v) is 12.0. The maximum atomic E-state index is 12.7. The van der Waals surface area contributed by atoms with Crippen LogP contribution < -0.4 is 0 Å². The summed E-state index contributed by atoms with van der Waals surface area (Å²) in [5.41, 5.74) is 4.69. The quantitative estimate of drug-likeness (QED) is 0.0704. The molecule has 3 fully saturated rings. The number of rotatable bonds is 21. The van der Waals surface area contributed by atoms with Crippen molar-refractivity contribution in [3.05, 3.63) is 59.8 Å². The second-order valence-electron chi connectivity index (χ2n) is 16.3. The minimum atomic E-state index is -0.00606.